The van der Waals surface area contributed by atoms with Gasteiger partial charge in [-0.05, 0) is 63.6 Å². The number of carbonyl (C=O) groups excluding carboxylic acids is 1. The summed E-state index contributed by atoms with van der Waals surface area (Å²) in [4.78, 5) is 22.8. The third-order valence-corrected chi connectivity index (χ3v) is 7.64. The van der Waals surface area contributed by atoms with Gasteiger partial charge in [0.15, 0.2) is 0 Å². The maximum Gasteiger partial charge on any atom is 0.412 e. The lowest BCUT2D eigenvalue weighted by Crippen LogP contribution is -2.46. The van der Waals surface area contributed by atoms with Crippen molar-refractivity contribution in [1.29, 1.82) is 0 Å². The molecule has 10 heteroatoms. The maximum absolute atomic E-state index is 12.0. The van der Waals surface area contributed by atoms with Crippen LogP contribution in [0.15, 0.2) is 48.5 Å². The highest BCUT2D eigenvalue weighted by Crippen LogP contribution is 2.33. The summed E-state index contributed by atoms with van der Waals surface area (Å²) < 4.78 is 16.7. The van der Waals surface area contributed by atoms with Crippen molar-refractivity contribution < 1.29 is 19.0 Å². The van der Waals surface area contributed by atoms with Gasteiger partial charge in [0.05, 0.1) is 27.9 Å². The van der Waals surface area contributed by atoms with Crippen molar-refractivity contribution in [1.82, 2.24) is 14.8 Å². The number of amides is 1. The van der Waals surface area contributed by atoms with E-state index in [1.165, 1.54) is 0 Å². The molecule has 0 unspecified atom stereocenters. The van der Waals surface area contributed by atoms with E-state index >= 15 is 0 Å². The quantitative estimate of drug-likeness (QED) is 0.185. The largest absolute Gasteiger partial charge is 0.494 e. The Balaban J connectivity index is 1.17. The monoisotopic (exact) mass is 574 g/mol. The van der Waals surface area contributed by atoms with Crippen LogP contribution in [0.25, 0.3) is 10.9 Å². The second-order valence-electron chi connectivity index (χ2n) is 9.31. The Morgan fingerprint density at radius 1 is 0.974 bits per heavy atom. The highest BCUT2D eigenvalue weighted by molar-refractivity contribution is 6.43. The summed E-state index contributed by atoms with van der Waals surface area (Å²) in [6, 6.07) is 15.3. The molecule has 1 amide bonds. The van der Waals surface area contributed by atoms with Gasteiger partial charge in [0, 0.05) is 56.8 Å². The molecule has 4 rings (SSSR count). The molecule has 1 aromatic heterocycles. The van der Waals surface area contributed by atoms with Crippen molar-refractivity contribution in [2.24, 2.45) is 0 Å². The normalized spacial score (nSPS) is 13.9. The van der Waals surface area contributed by atoms with Crippen LogP contribution in [0.1, 0.15) is 26.7 Å². The van der Waals surface area contributed by atoms with Crippen molar-refractivity contribution in [2.75, 3.05) is 64.1 Å². The molecule has 0 atom stereocenters. The molecule has 0 bridgehead atoms. The average molecular weight is 576 g/mol. The smallest absolute Gasteiger partial charge is 0.412 e. The molecule has 1 aliphatic heterocycles. The molecule has 2 aromatic carbocycles. The number of aromatic nitrogens is 1. The molecule has 1 fully saturated rings. The molecule has 39 heavy (non-hydrogen) atoms. The number of piperazine rings is 1. The fraction of sp³-hybridized carbons (Fsp3) is 0.448. The minimum atomic E-state index is -0.402. The number of unbranched alkanes of at least 4 members (excludes halogenated alkanes) is 1. The van der Waals surface area contributed by atoms with Gasteiger partial charge in [-0.1, -0.05) is 29.3 Å². The molecule has 3 aromatic rings. The van der Waals surface area contributed by atoms with Crippen LogP contribution >= 0.6 is 23.2 Å². The van der Waals surface area contributed by atoms with E-state index < -0.39 is 6.09 Å². The standard InChI is InChI=1S/C29H36Cl2N4O4/c1-3-34(4-2)29(36)39-21-38-27-13-11-22-10-12-23(20-25(22)32-27)37-19-6-5-14-33-15-17-35(18-16-33)26-9-7-8-24(30)28(26)31/h7-13,20H,3-6,14-19,21H2,1-2H3. The van der Waals surface area contributed by atoms with E-state index in [-0.39, 0.29) is 6.79 Å². The predicted octanol–water partition coefficient (Wildman–Crippen LogP) is 6.34. The number of pyridine rings is 1. The van der Waals surface area contributed by atoms with E-state index in [0.717, 1.165) is 67.9 Å². The number of halogens is 2. The van der Waals surface area contributed by atoms with Gasteiger partial charge in [0.25, 0.3) is 0 Å². The van der Waals surface area contributed by atoms with E-state index in [1.807, 2.05) is 56.3 Å². The lowest BCUT2D eigenvalue weighted by molar-refractivity contribution is 0.0348. The van der Waals surface area contributed by atoms with Crippen LogP contribution in [0.5, 0.6) is 11.6 Å². The number of carbonyl (C=O) groups is 1. The molecule has 1 aliphatic rings. The summed E-state index contributed by atoms with van der Waals surface area (Å²) in [6.45, 7) is 10.3. The van der Waals surface area contributed by atoms with Gasteiger partial charge in [-0.2, -0.15) is 0 Å². The number of ether oxygens (including phenoxy) is 3. The third kappa shape index (κ3) is 8.03. The van der Waals surface area contributed by atoms with Gasteiger partial charge in [-0.3, -0.25) is 4.90 Å². The molecular weight excluding hydrogens is 539 g/mol. The summed E-state index contributed by atoms with van der Waals surface area (Å²) in [6.07, 6.45) is 1.63. The van der Waals surface area contributed by atoms with E-state index in [4.69, 9.17) is 37.4 Å². The number of benzene rings is 2. The Labute approximate surface area is 240 Å². The number of fused-ring (bicyclic) bond motifs is 1. The number of anilines is 1. The summed E-state index contributed by atoms with van der Waals surface area (Å²) in [5.41, 5.74) is 1.78. The highest BCUT2D eigenvalue weighted by atomic mass is 35.5. The van der Waals surface area contributed by atoms with Gasteiger partial charge in [0.2, 0.25) is 12.7 Å². The van der Waals surface area contributed by atoms with Crippen molar-refractivity contribution in [3.63, 3.8) is 0 Å². The van der Waals surface area contributed by atoms with Crippen molar-refractivity contribution >= 4 is 45.9 Å². The van der Waals surface area contributed by atoms with Gasteiger partial charge in [0.1, 0.15) is 5.75 Å². The molecule has 0 aliphatic carbocycles. The topological polar surface area (TPSA) is 67.4 Å². The fourth-order valence-corrected chi connectivity index (χ4v) is 4.95. The lowest BCUT2D eigenvalue weighted by atomic mass is 10.2. The molecular formula is C29H36Cl2N4O4. The van der Waals surface area contributed by atoms with Crippen LogP contribution in [0.3, 0.4) is 0 Å². The van der Waals surface area contributed by atoms with Gasteiger partial charge in [-0.15, -0.1) is 0 Å². The fourth-order valence-electron chi connectivity index (χ4n) is 4.54. The molecule has 0 radical (unpaired) electrons. The predicted molar refractivity (Wildman–Crippen MR) is 156 cm³/mol. The van der Waals surface area contributed by atoms with Crippen LogP contribution in [-0.4, -0.2) is 80.1 Å². The van der Waals surface area contributed by atoms with Crippen LogP contribution in [0.2, 0.25) is 10.0 Å². The Morgan fingerprint density at radius 2 is 1.74 bits per heavy atom. The third-order valence-electron chi connectivity index (χ3n) is 6.83. The first-order valence-electron chi connectivity index (χ1n) is 13.5. The number of rotatable bonds is 12. The highest BCUT2D eigenvalue weighted by Gasteiger charge is 2.19. The van der Waals surface area contributed by atoms with Gasteiger partial charge < -0.3 is 24.0 Å². The Hall–Kier alpha value is -2.94. The molecule has 0 saturated carbocycles. The average Bonchev–Trinajstić information content (AvgIpc) is 2.95. The van der Waals surface area contributed by atoms with Crippen LogP contribution in [-0.2, 0) is 4.74 Å². The van der Waals surface area contributed by atoms with Gasteiger partial charge >= 0.3 is 6.09 Å². The summed E-state index contributed by atoms with van der Waals surface area (Å²) in [5, 5.41) is 2.21. The molecule has 2 heterocycles. The zero-order valence-electron chi connectivity index (χ0n) is 22.6. The van der Waals surface area contributed by atoms with Crippen LogP contribution in [0, 0.1) is 0 Å². The number of hydrogen-bond acceptors (Lipinski definition) is 7. The molecule has 0 N–H and O–H groups in total. The van der Waals surface area contributed by atoms with Crippen LogP contribution < -0.4 is 14.4 Å². The Kier molecular flexibility index (Phi) is 10.8. The first-order valence-corrected chi connectivity index (χ1v) is 14.2. The van der Waals surface area contributed by atoms with E-state index in [2.05, 4.69) is 14.8 Å². The minimum Gasteiger partial charge on any atom is -0.494 e. The zero-order chi connectivity index (χ0) is 27.6. The summed E-state index contributed by atoms with van der Waals surface area (Å²) >= 11 is 12.6. The Bertz CT molecular complexity index is 1230. The zero-order valence-corrected chi connectivity index (χ0v) is 24.1. The Morgan fingerprint density at radius 3 is 2.51 bits per heavy atom. The number of nitrogens with zero attached hydrogens (tertiary/aromatic N) is 4. The van der Waals surface area contributed by atoms with Crippen molar-refractivity contribution in [2.45, 2.75) is 26.7 Å². The molecule has 1 saturated heterocycles. The van der Waals surface area contributed by atoms with E-state index in [0.29, 0.717) is 35.6 Å². The minimum absolute atomic E-state index is 0.187. The first-order chi connectivity index (χ1) is 19.0. The van der Waals surface area contributed by atoms with Gasteiger partial charge in [-0.25, -0.2) is 9.78 Å². The van der Waals surface area contributed by atoms with E-state index in [9.17, 15) is 4.79 Å². The van der Waals surface area contributed by atoms with Crippen molar-refractivity contribution in [3.8, 4) is 11.6 Å². The molecule has 0 spiro atoms. The molecule has 8 nitrogen and oxygen atoms in total. The van der Waals surface area contributed by atoms with Crippen LogP contribution in [0.4, 0.5) is 10.5 Å². The maximum atomic E-state index is 12.0. The summed E-state index contributed by atoms with van der Waals surface area (Å²) in [5.74, 6) is 1.16. The molecule has 210 valence electrons. The lowest BCUT2D eigenvalue weighted by Gasteiger charge is -2.36. The second kappa shape index (κ2) is 14.4. The van der Waals surface area contributed by atoms with E-state index in [1.54, 1.807) is 11.0 Å². The first kappa shape index (κ1) is 29.1. The number of hydrogen-bond donors (Lipinski definition) is 0. The van der Waals surface area contributed by atoms with Crippen molar-refractivity contribution in [3.05, 3.63) is 58.6 Å². The summed E-state index contributed by atoms with van der Waals surface area (Å²) in [7, 11) is 0. The SMILES string of the molecule is CCN(CC)C(=O)OCOc1ccc2ccc(OCCCCN3CCN(c4cccc(Cl)c4Cl)CC3)cc2n1. The second-order valence-corrected chi connectivity index (χ2v) is 10.1.